The van der Waals surface area contributed by atoms with E-state index in [1.807, 2.05) is 26.8 Å². The number of rotatable bonds is 4. The average Bonchev–Trinajstić information content (AvgIpc) is 2.78. The van der Waals surface area contributed by atoms with Crippen molar-refractivity contribution in [2.45, 2.75) is 27.2 Å². The van der Waals surface area contributed by atoms with Crippen LogP contribution < -0.4 is 0 Å². The summed E-state index contributed by atoms with van der Waals surface area (Å²) in [5.41, 5.74) is 1.14. The second-order valence-electron chi connectivity index (χ2n) is 5.08. The number of hydrogen-bond donors (Lipinski definition) is 0. The van der Waals surface area contributed by atoms with Crippen LogP contribution in [0.4, 0.5) is 4.39 Å². The minimum absolute atomic E-state index is 0.136. The Morgan fingerprint density at radius 3 is 2.86 bits per heavy atom. The largest absolute Gasteiger partial charge is 0.293 e. The van der Waals surface area contributed by atoms with Crippen molar-refractivity contribution in [2.75, 3.05) is 0 Å². The zero-order valence-corrected chi connectivity index (χ0v) is 13.1. The summed E-state index contributed by atoms with van der Waals surface area (Å²) < 4.78 is 14.1. The molecule has 0 aliphatic heterocycles. The van der Waals surface area contributed by atoms with Gasteiger partial charge in [-0.25, -0.2) is 4.39 Å². The number of benzene rings is 1. The van der Waals surface area contributed by atoms with Crippen LogP contribution in [-0.2, 0) is 4.79 Å². The van der Waals surface area contributed by atoms with Crippen LogP contribution in [0.25, 0.3) is 16.2 Å². The number of halogens is 1. The maximum atomic E-state index is 13.3. The molecule has 0 aliphatic carbocycles. The summed E-state index contributed by atoms with van der Waals surface area (Å²) >= 11 is 1.40. The fourth-order valence-electron chi connectivity index (χ4n) is 2.10. The molecule has 1 aromatic carbocycles. The lowest BCUT2D eigenvalue weighted by Gasteiger charge is -2.05. The zero-order chi connectivity index (χ0) is 15.6. The van der Waals surface area contributed by atoms with Crippen molar-refractivity contribution >= 4 is 33.3 Å². The molecule has 0 saturated heterocycles. The summed E-state index contributed by atoms with van der Waals surface area (Å²) in [5, 5.41) is 10.2. The first-order chi connectivity index (χ1) is 9.97. The molecule has 108 valence electrons. The predicted octanol–water partition coefficient (Wildman–Crippen LogP) is 4.87. The lowest BCUT2D eigenvalue weighted by Crippen LogP contribution is -2.11. The highest BCUT2D eigenvalue weighted by Crippen LogP contribution is 2.33. The van der Waals surface area contributed by atoms with E-state index in [1.54, 1.807) is 12.1 Å². The van der Waals surface area contributed by atoms with Gasteiger partial charge in [-0.3, -0.25) is 4.79 Å². The molecule has 0 saturated carbocycles. The molecule has 0 radical (unpaired) electrons. The standard InChI is InChI=1S/C17H16FNOS/c1-4-10(2)17(20)12(9-19)7-15-11(3)14-6-5-13(18)8-16(14)21-15/h5-8,10H,4H2,1-3H3/b12-7+. The Bertz CT molecular complexity index is 767. The second kappa shape index (κ2) is 6.19. The summed E-state index contributed by atoms with van der Waals surface area (Å²) in [6, 6.07) is 6.63. The van der Waals surface area contributed by atoms with E-state index in [4.69, 9.17) is 0 Å². The number of thiophene rings is 1. The molecule has 2 rings (SSSR count). The van der Waals surface area contributed by atoms with Gasteiger partial charge in [-0.15, -0.1) is 11.3 Å². The van der Waals surface area contributed by atoms with Crippen LogP contribution in [0.3, 0.4) is 0 Å². The molecular formula is C17H16FNOS. The number of fused-ring (bicyclic) bond motifs is 1. The summed E-state index contributed by atoms with van der Waals surface area (Å²) in [6.07, 6.45) is 2.33. The fourth-order valence-corrected chi connectivity index (χ4v) is 3.28. The Balaban J connectivity index is 2.51. The molecule has 4 heteroatoms. The van der Waals surface area contributed by atoms with Gasteiger partial charge in [0, 0.05) is 15.5 Å². The summed E-state index contributed by atoms with van der Waals surface area (Å²) in [7, 11) is 0. The van der Waals surface area contributed by atoms with E-state index in [2.05, 4.69) is 0 Å². The fraction of sp³-hybridized carbons (Fsp3) is 0.294. The Labute approximate surface area is 127 Å². The highest BCUT2D eigenvalue weighted by atomic mass is 32.1. The molecule has 0 N–H and O–H groups in total. The van der Waals surface area contributed by atoms with Crippen molar-refractivity contribution in [1.29, 1.82) is 5.26 Å². The highest BCUT2D eigenvalue weighted by molar-refractivity contribution is 7.20. The number of carbonyl (C=O) groups is 1. The van der Waals surface area contributed by atoms with E-state index in [0.717, 1.165) is 20.5 Å². The van der Waals surface area contributed by atoms with Crippen LogP contribution in [0.1, 0.15) is 30.7 Å². The topological polar surface area (TPSA) is 40.9 Å². The summed E-state index contributed by atoms with van der Waals surface area (Å²) in [5.74, 6) is -0.582. The summed E-state index contributed by atoms with van der Waals surface area (Å²) in [4.78, 5) is 13.0. The van der Waals surface area contributed by atoms with Gasteiger partial charge in [-0.05, 0) is 42.5 Å². The average molecular weight is 301 g/mol. The van der Waals surface area contributed by atoms with Crippen molar-refractivity contribution in [3.05, 3.63) is 40.0 Å². The molecule has 0 bridgehead atoms. The molecule has 1 heterocycles. The van der Waals surface area contributed by atoms with Gasteiger partial charge in [0.05, 0.1) is 5.57 Å². The highest BCUT2D eigenvalue weighted by Gasteiger charge is 2.17. The van der Waals surface area contributed by atoms with E-state index < -0.39 is 0 Å². The van der Waals surface area contributed by atoms with Gasteiger partial charge in [0.2, 0.25) is 0 Å². The van der Waals surface area contributed by atoms with Gasteiger partial charge in [0.1, 0.15) is 11.9 Å². The minimum Gasteiger partial charge on any atom is -0.293 e. The molecule has 0 fully saturated rings. The molecule has 2 aromatic rings. The SMILES string of the molecule is CCC(C)C(=O)/C(C#N)=C/c1sc2cc(F)ccc2c1C. The minimum atomic E-state index is -0.282. The van der Waals surface area contributed by atoms with Crippen LogP contribution in [0, 0.1) is 30.0 Å². The normalized spacial score (nSPS) is 13.2. The molecule has 0 aliphatic rings. The number of carbonyl (C=O) groups excluding carboxylic acids is 1. The number of allylic oxidation sites excluding steroid dienone is 1. The van der Waals surface area contributed by atoms with Gasteiger partial charge in [0.15, 0.2) is 5.78 Å². The number of nitrogens with zero attached hydrogens (tertiary/aromatic N) is 1. The third-order valence-electron chi connectivity index (χ3n) is 3.66. The van der Waals surface area contributed by atoms with Crippen molar-refractivity contribution in [2.24, 2.45) is 5.92 Å². The van der Waals surface area contributed by atoms with E-state index in [1.165, 1.54) is 23.5 Å². The number of aryl methyl sites for hydroxylation is 1. The zero-order valence-electron chi connectivity index (χ0n) is 12.2. The first kappa shape index (κ1) is 15.4. The smallest absolute Gasteiger partial charge is 0.176 e. The first-order valence-electron chi connectivity index (χ1n) is 6.82. The van der Waals surface area contributed by atoms with Gasteiger partial charge < -0.3 is 0 Å². The molecule has 1 aromatic heterocycles. The number of hydrogen-bond acceptors (Lipinski definition) is 3. The molecule has 1 unspecified atom stereocenters. The van der Waals surface area contributed by atoms with E-state index >= 15 is 0 Å². The molecule has 1 atom stereocenters. The van der Waals surface area contributed by atoms with Crippen molar-refractivity contribution in [3.63, 3.8) is 0 Å². The Kier molecular flexibility index (Phi) is 4.54. The third kappa shape index (κ3) is 3.03. The van der Waals surface area contributed by atoms with Gasteiger partial charge in [0.25, 0.3) is 0 Å². The van der Waals surface area contributed by atoms with Crippen LogP contribution in [0.5, 0.6) is 0 Å². The lowest BCUT2D eigenvalue weighted by molar-refractivity contribution is -0.118. The van der Waals surface area contributed by atoms with E-state index in [0.29, 0.717) is 6.42 Å². The Morgan fingerprint density at radius 2 is 2.24 bits per heavy atom. The Hall–Kier alpha value is -1.99. The van der Waals surface area contributed by atoms with Gasteiger partial charge in [-0.2, -0.15) is 5.26 Å². The number of ketones is 1. The van der Waals surface area contributed by atoms with Crippen molar-refractivity contribution in [1.82, 2.24) is 0 Å². The quantitative estimate of drug-likeness (QED) is 0.597. The molecular weight excluding hydrogens is 285 g/mol. The van der Waals surface area contributed by atoms with Crippen LogP contribution >= 0.6 is 11.3 Å². The van der Waals surface area contributed by atoms with Gasteiger partial charge in [-0.1, -0.05) is 19.9 Å². The summed E-state index contributed by atoms with van der Waals surface area (Å²) in [6.45, 7) is 5.66. The van der Waals surface area contributed by atoms with E-state index in [-0.39, 0.29) is 23.1 Å². The monoisotopic (exact) mass is 301 g/mol. The van der Waals surface area contributed by atoms with Crippen molar-refractivity contribution < 1.29 is 9.18 Å². The Morgan fingerprint density at radius 1 is 1.52 bits per heavy atom. The molecule has 0 spiro atoms. The molecule has 2 nitrogen and oxygen atoms in total. The third-order valence-corrected chi connectivity index (χ3v) is 4.86. The van der Waals surface area contributed by atoms with Crippen molar-refractivity contribution in [3.8, 4) is 6.07 Å². The first-order valence-corrected chi connectivity index (χ1v) is 7.64. The molecule has 0 amide bonds. The van der Waals surface area contributed by atoms with E-state index in [9.17, 15) is 14.4 Å². The number of nitriles is 1. The lowest BCUT2D eigenvalue weighted by atomic mass is 9.97. The number of Topliss-reactive ketones (excluding diaryl/α,β-unsaturated/α-hetero) is 1. The predicted molar refractivity (Wildman–Crippen MR) is 84.6 cm³/mol. The second-order valence-corrected chi connectivity index (χ2v) is 6.16. The van der Waals surface area contributed by atoms with Gasteiger partial charge >= 0.3 is 0 Å². The van der Waals surface area contributed by atoms with Crippen LogP contribution in [0.15, 0.2) is 23.8 Å². The molecule has 21 heavy (non-hydrogen) atoms. The maximum absolute atomic E-state index is 13.3. The van der Waals surface area contributed by atoms with Crippen LogP contribution in [-0.4, -0.2) is 5.78 Å². The van der Waals surface area contributed by atoms with Crippen LogP contribution in [0.2, 0.25) is 0 Å². The maximum Gasteiger partial charge on any atom is 0.176 e.